The van der Waals surface area contributed by atoms with Crippen LogP contribution in [-0.4, -0.2) is 46.0 Å². The van der Waals surface area contributed by atoms with E-state index in [4.69, 9.17) is 24.2 Å². The normalized spacial score (nSPS) is 14.5. The Morgan fingerprint density at radius 3 is 2.21 bits per heavy atom. The predicted molar refractivity (Wildman–Crippen MR) is 100 cm³/mol. The highest BCUT2D eigenvalue weighted by atomic mass is 19.1. The number of carboxylic acids is 2. The lowest BCUT2D eigenvalue weighted by molar-refractivity contribution is -0.159. The fourth-order valence-corrected chi connectivity index (χ4v) is 2.93. The third-order valence-electron chi connectivity index (χ3n) is 4.48. The lowest BCUT2D eigenvalue weighted by Gasteiger charge is -2.31. The molecule has 0 saturated carbocycles. The third kappa shape index (κ3) is 7.74. The number of nitrogens with zero attached hydrogens (tertiary/aromatic N) is 1. The van der Waals surface area contributed by atoms with E-state index in [1.807, 2.05) is 24.3 Å². The summed E-state index contributed by atoms with van der Waals surface area (Å²) in [5.41, 5.74) is 1.10. The summed E-state index contributed by atoms with van der Waals surface area (Å²) in [7, 11) is 0. The van der Waals surface area contributed by atoms with Crippen molar-refractivity contribution in [1.82, 2.24) is 10.2 Å². The van der Waals surface area contributed by atoms with Gasteiger partial charge >= 0.3 is 11.9 Å². The number of hydrogen-bond acceptors (Lipinski definition) is 5. The number of amides is 1. The van der Waals surface area contributed by atoms with Gasteiger partial charge in [0.05, 0.1) is 12.8 Å². The van der Waals surface area contributed by atoms with Crippen molar-refractivity contribution >= 4 is 17.8 Å². The van der Waals surface area contributed by atoms with Gasteiger partial charge in [-0.05, 0) is 55.8 Å². The average Bonchev–Trinajstić information content (AvgIpc) is 3.22. The first kappa shape index (κ1) is 22.1. The molecular weight excluding hydrogens is 383 g/mol. The van der Waals surface area contributed by atoms with Gasteiger partial charge in [-0.25, -0.2) is 14.0 Å². The fourth-order valence-electron chi connectivity index (χ4n) is 2.93. The van der Waals surface area contributed by atoms with Crippen molar-refractivity contribution in [3.05, 3.63) is 59.8 Å². The molecule has 1 fully saturated rings. The molecule has 8 nitrogen and oxygen atoms in total. The second kappa shape index (κ2) is 11.0. The Balaban J connectivity index is 0.000000438. The molecule has 1 aromatic carbocycles. The lowest BCUT2D eigenvalue weighted by atomic mass is 9.95. The number of halogens is 1. The zero-order valence-corrected chi connectivity index (χ0v) is 15.7. The maximum absolute atomic E-state index is 12.9. The van der Waals surface area contributed by atoms with Crippen LogP contribution in [0.25, 0.3) is 0 Å². The molecule has 9 heteroatoms. The number of nitrogens with one attached hydrogen (secondary N) is 1. The van der Waals surface area contributed by atoms with E-state index < -0.39 is 11.9 Å². The van der Waals surface area contributed by atoms with Crippen LogP contribution in [0.4, 0.5) is 4.39 Å². The molecule has 3 rings (SSSR count). The molecule has 2 heterocycles. The van der Waals surface area contributed by atoms with Gasteiger partial charge in [0, 0.05) is 12.5 Å². The molecule has 0 aliphatic carbocycles. The molecule has 0 radical (unpaired) electrons. The molecule has 0 bridgehead atoms. The van der Waals surface area contributed by atoms with Crippen LogP contribution in [0.15, 0.2) is 47.1 Å². The van der Waals surface area contributed by atoms with Crippen LogP contribution in [-0.2, 0) is 27.5 Å². The van der Waals surface area contributed by atoms with E-state index in [9.17, 15) is 9.18 Å². The second-order valence-electron chi connectivity index (χ2n) is 6.58. The molecule has 0 unspecified atom stereocenters. The summed E-state index contributed by atoms with van der Waals surface area (Å²) in [6.45, 7) is 3.02. The first-order valence-corrected chi connectivity index (χ1v) is 9.08. The summed E-state index contributed by atoms with van der Waals surface area (Å²) in [4.78, 5) is 32.7. The van der Waals surface area contributed by atoms with Crippen molar-refractivity contribution < 1.29 is 33.4 Å². The van der Waals surface area contributed by atoms with E-state index in [0.29, 0.717) is 6.54 Å². The van der Waals surface area contributed by atoms with Gasteiger partial charge in [0.1, 0.15) is 11.6 Å². The van der Waals surface area contributed by atoms with Gasteiger partial charge < -0.3 is 19.9 Å². The number of rotatable bonds is 5. The minimum Gasteiger partial charge on any atom is -0.473 e. The van der Waals surface area contributed by atoms with Crippen LogP contribution < -0.4 is 5.32 Å². The number of carboxylic acid groups (broad SMARTS) is 2. The Morgan fingerprint density at radius 2 is 1.69 bits per heavy atom. The van der Waals surface area contributed by atoms with Crippen molar-refractivity contribution in [2.24, 2.45) is 5.92 Å². The van der Waals surface area contributed by atoms with Gasteiger partial charge in [-0.3, -0.25) is 9.69 Å². The maximum atomic E-state index is 12.9. The Labute approximate surface area is 166 Å². The zero-order chi connectivity index (χ0) is 21.2. The van der Waals surface area contributed by atoms with E-state index >= 15 is 0 Å². The monoisotopic (exact) mass is 406 g/mol. The van der Waals surface area contributed by atoms with Gasteiger partial charge in [0.2, 0.25) is 5.91 Å². The zero-order valence-electron chi connectivity index (χ0n) is 15.7. The Kier molecular flexibility index (Phi) is 8.35. The number of aliphatic carboxylic acids is 2. The Morgan fingerprint density at radius 1 is 1.07 bits per heavy atom. The summed E-state index contributed by atoms with van der Waals surface area (Å²) in [5, 5.41) is 17.7. The number of hydrogen-bond donors (Lipinski definition) is 3. The largest absolute Gasteiger partial charge is 0.473 e. The van der Waals surface area contributed by atoms with Crippen molar-refractivity contribution in [3.63, 3.8) is 0 Å². The quantitative estimate of drug-likeness (QED) is 0.651. The van der Waals surface area contributed by atoms with Crippen LogP contribution >= 0.6 is 0 Å². The molecule has 0 spiro atoms. The molecule has 1 amide bonds. The fraction of sp³-hybridized carbons (Fsp3) is 0.350. The van der Waals surface area contributed by atoms with Crippen LogP contribution in [0.3, 0.4) is 0 Å². The first-order chi connectivity index (χ1) is 13.8. The number of carbonyl (C=O) groups excluding carboxylic acids is 1. The maximum Gasteiger partial charge on any atom is 0.414 e. The van der Waals surface area contributed by atoms with Gasteiger partial charge in [0.15, 0.2) is 0 Å². The van der Waals surface area contributed by atoms with Crippen LogP contribution in [0.5, 0.6) is 0 Å². The minimum absolute atomic E-state index is 0.0643. The summed E-state index contributed by atoms with van der Waals surface area (Å²) in [6.07, 6.45) is 3.31. The highest BCUT2D eigenvalue weighted by Crippen LogP contribution is 2.19. The van der Waals surface area contributed by atoms with Crippen LogP contribution in [0.2, 0.25) is 0 Å². The summed E-state index contributed by atoms with van der Waals surface area (Å²) in [6, 6.07) is 10.3. The molecule has 2 aromatic rings. The van der Waals surface area contributed by atoms with Crippen LogP contribution in [0.1, 0.15) is 24.2 Å². The first-order valence-electron chi connectivity index (χ1n) is 9.08. The van der Waals surface area contributed by atoms with Crippen LogP contribution in [0, 0.1) is 11.7 Å². The molecule has 1 aliphatic heterocycles. The van der Waals surface area contributed by atoms with E-state index in [0.717, 1.165) is 43.8 Å². The van der Waals surface area contributed by atoms with Gasteiger partial charge in [-0.2, -0.15) is 0 Å². The minimum atomic E-state index is -1.82. The number of furan rings is 1. The van der Waals surface area contributed by atoms with E-state index in [1.165, 1.54) is 12.1 Å². The molecular formula is C20H23FN2O6. The highest BCUT2D eigenvalue weighted by Gasteiger charge is 2.24. The van der Waals surface area contributed by atoms with Gasteiger partial charge in [-0.15, -0.1) is 0 Å². The topological polar surface area (TPSA) is 120 Å². The molecule has 1 aliphatic rings. The summed E-state index contributed by atoms with van der Waals surface area (Å²) in [5.74, 6) is -2.92. The number of carbonyl (C=O) groups is 3. The third-order valence-corrected chi connectivity index (χ3v) is 4.48. The Bertz CT molecular complexity index is 787. The van der Waals surface area contributed by atoms with Gasteiger partial charge in [-0.1, -0.05) is 12.1 Å². The highest BCUT2D eigenvalue weighted by molar-refractivity contribution is 6.27. The van der Waals surface area contributed by atoms with Crippen molar-refractivity contribution in [2.75, 3.05) is 13.1 Å². The van der Waals surface area contributed by atoms with Crippen molar-refractivity contribution in [1.29, 1.82) is 0 Å². The predicted octanol–water partition coefficient (Wildman–Crippen LogP) is 2.10. The number of likely N-dealkylation sites (tertiary alicyclic amines) is 1. The SMILES string of the molecule is O=C(NCc1ccco1)C1CCN(Cc2ccc(F)cc2)CC1.O=C(O)C(=O)O. The second-order valence-corrected chi connectivity index (χ2v) is 6.58. The molecule has 1 aromatic heterocycles. The number of piperidine rings is 1. The van der Waals surface area contributed by atoms with Gasteiger partial charge in [0.25, 0.3) is 0 Å². The molecule has 3 N–H and O–H groups in total. The van der Waals surface area contributed by atoms with E-state index in [1.54, 1.807) is 6.26 Å². The summed E-state index contributed by atoms with van der Waals surface area (Å²) < 4.78 is 18.1. The average molecular weight is 406 g/mol. The molecule has 29 heavy (non-hydrogen) atoms. The van der Waals surface area contributed by atoms with Crippen molar-refractivity contribution in [3.8, 4) is 0 Å². The van der Waals surface area contributed by atoms with E-state index in [2.05, 4.69) is 10.2 Å². The smallest absolute Gasteiger partial charge is 0.414 e. The molecule has 1 saturated heterocycles. The lowest BCUT2D eigenvalue weighted by Crippen LogP contribution is -2.40. The molecule has 156 valence electrons. The van der Waals surface area contributed by atoms with Crippen molar-refractivity contribution in [2.45, 2.75) is 25.9 Å². The van der Waals surface area contributed by atoms with E-state index in [-0.39, 0.29) is 17.6 Å². The standard InChI is InChI=1S/C18H21FN2O2.C2H2O4/c19-16-5-3-14(4-6-16)13-21-9-7-15(8-10-21)18(22)20-12-17-2-1-11-23-17;3-1(4)2(5)6/h1-6,11,15H,7-10,12-13H2,(H,20,22);(H,3,4)(H,5,6). The Hall–Kier alpha value is -3.20. The number of benzene rings is 1. The molecule has 0 atom stereocenters. The summed E-state index contributed by atoms with van der Waals surface area (Å²) >= 11 is 0.